The van der Waals surface area contributed by atoms with Gasteiger partial charge in [-0.25, -0.2) is 0 Å². The van der Waals surface area contributed by atoms with Crippen LogP contribution in [0.25, 0.3) is 0 Å². The predicted octanol–water partition coefficient (Wildman–Crippen LogP) is 2.06. The fourth-order valence-corrected chi connectivity index (χ4v) is 0.967. The molecule has 0 bridgehead atoms. The summed E-state index contributed by atoms with van der Waals surface area (Å²) in [5.74, 6) is 0.581. The summed E-state index contributed by atoms with van der Waals surface area (Å²) in [6, 6.07) is 1.89. The van der Waals surface area contributed by atoms with Crippen LogP contribution >= 0.6 is 0 Å². The second-order valence-electron chi connectivity index (χ2n) is 3.52. The first-order valence-corrected chi connectivity index (χ1v) is 5.39. The van der Waals surface area contributed by atoms with Crippen molar-refractivity contribution in [2.75, 3.05) is 27.8 Å². The Bertz CT molecular complexity index is 401. The van der Waals surface area contributed by atoms with E-state index < -0.39 is 0 Å². The number of hydrogen-bond acceptors (Lipinski definition) is 5. The van der Waals surface area contributed by atoms with Gasteiger partial charge in [-0.05, 0) is 13.0 Å². The molecule has 0 fully saturated rings. The number of nitriles is 1. The molecule has 0 aliphatic carbocycles. The van der Waals surface area contributed by atoms with Crippen molar-refractivity contribution >= 4 is 5.71 Å². The van der Waals surface area contributed by atoms with Crippen LogP contribution in [0.3, 0.4) is 0 Å². The molecule has 0 N–H and O–H groups in total. The minimum absolute atomic E-state index is 0.0422. The van der Waals surface area contributed by atoms with E-state index in [2.05, 4.69) is 16.6 Å². The van der Waals surface area contributed by atoms with Crippen molar-refractivity contribution in [2.45, 2.75) is 6.92 Å². The van der Waals surface area contributed by atoms with Crippen LogP contribution in [0.2, 0.25) is 0 Å². The third-order valence-corrected chi connectivity index (χ3v) is 1.96. The quantitative estimate of drug-likeness (QED) is 0.300. The number of hydrogen-bond donors (Lipinski definition) is 0. The lowest BCUT2D eigenvalue weighted by Crippen LogP contribution is -2.16. The predicted molar refractivity (Wildman–Crippen MR) is 71.7 cm³/mol. The molecule has 0 radical (unpaired) electrons. The molecule has 0 spiro atoms. The maximum Gasteiger partial charge on any atom is 0.194 e. The van der Waals surface area contributed by atoms with E-state index in [0.717, 1.165) is 0 Å². The number of ether oxygens (including phenoxy) is 1. The smallest absolute Gasteiger partial charge is 0.194 e. The van der Waals surface area contributed by atoms with E-state index in [1.54, 1.807) is 6.08 Å². The highest BCUT2D eigenvalue weighted by molar-refractivity contribution is 5.99. The van der Waals surface area contributed by atoms with Crippen molar-refractivity contribution in [1.29, 1.82) is 5.26 Å². The first-order valence-electron chi connectivity index (χ1n) is 5.39. The highest BCUT2D eigenvalue weighted by atomic mass is 16.6. The zero-order valence-electron chi connectivity index (χ0n) is 11.3. The molecule has 98 valence electrons. The summed E-state index contributed by atoms with van der Waals surface area (Å²) >= 11 is 0. The number of oxime groups is 1. The van der Waals surface area contributed by atoms with E-state index in [4.69, 9.17) is 10.00 Å². The lowest BCUT2D eigenvalue weighted by Gasteiger charge is -2.18. The zero-order chi connectivity index (χ0) is 14.0. The summed E-state index contributed by atoms with van der Waals surface area (Å²) in [5, 5.41) is 12.3. The van der Waals surface area contributed by atoms with Gasteiger partial charge in [0.15, 0.2) is 5.71 Å². The van der Waals surface area contributed by atoms with E-state index in [1.165, 1.54) is 7.11 Å². The van der Waals surface area contributed by atoms with Crippen molar-refractivity contribution in [3.63, 3.8) is 0 Å². The lowest BCUT2D eigenvalue weighted by molar-refractivity contribution is 0.204. The third kappa shape index (κ3) is 5.75. The maximum absolute atomic E-state index is 8.79. The summed E-state index contributed by atoms with van der Waals surface area (Å²) in [6.45, 7) is 5.85. The molecule has 0 aromatic rings. The molecular formula is C13H19N3O2. The van der Waals surface area contributed by atoms with Crippen LogP contribution in [0.1, 0.15) is 6.92 Å². The highest BCUT2D eigenvalue weighted by Gasteiger charge is 2.08. The Morgan fingerprint density at radius 3 is 2.61 bits per heavy atom. The van der Waals surface area contributed by atoms with Crippen molar-refractivity contribution in [3.8, 4) is 6.07 Å². The van der Waals surface area contributed by atoms with Gasteiger partial charge >= 0.3 is 0 Å². The molecule has 0 aliphatic rings. The average molecular weight is 249 g/mol. The second-order valence-corrected chi connectivity index (χ2v) is 3.52. The van der Waals surface area contributed by atoms with Crippen LogP contribution in [0.4, 0.5) is 0 Å². The third-order valence-electron chi connectivity index (χ3n) is 1.96. The normalized spacial score (nSPS) is 12.2. The van der Waals surface area contributed by atoms with Gasteiger partial charge in [-0.15, -0.1) is 0 Å². The summed E-state index contributed by atoms with van der Waals surface area (Å²) in [5.41, 5.74) is 0.873. The molecule has 18 heavy (non-hydrogen) atoms. The van der Waals surface area contributed by atoms with Crippen molar-refractivity contribution in [1.82, 2.24) is 4.90 Å². The van der Waals surface area contributed by atoms with Crippen molar-refractivity contribution in [2.24, 2.45) is 5.16 Å². The standard InChI is InChI=1S/C13H19N3O2/c1-6-7-8-13(11(2)16(3)4)18-10-12(9-14)15-17-5/h6-8H,2,10H2,1,3-5H3/b7-6-,13-8+,15-12+. The summed E-state index contributed by atoms with van der Waals surface area (Å²) < 4.78 is 5.51. The van der Waals surface area contributed by atoms with Gasteiger partial charge < -0.3 is 14.5 Å². The Morgan fingerprint density at radius 2 is 2.17 bits per heavy atom. The van der Waals surface area contributed by atoms with Gasteiger partial charge in [-0.2, -0.15) is 5.26 Å². The van der Waals surface area contributed by atoms with Gasteiger partial charge in [0.05, 0.1) is 5.70 Å². The summed E-state index contributed by atoms with van der Waals surface area (Å²) in [7, 11) is 5.11. The molecule has 0 amide bonds. The van der Waals surface area contributed by atoms with Gasteiger partial charge in [0.1, 0.15) is 25.5 Å². The van der Waals surface area contributed by atoms with Crippen LogP contribution in [-0.2, 0) is 9.57 Å². The highest BCUT2D eigenvalue weighted by Crippen LogP contribution is 2.12. The molecule has 0 aromatic carbocycles. The van der Waals surface area contributed by atoms with Crippen LogP contribution in [0.5, 0.6) is 0 Å². The lowest BCUT2D eigenvalue weighted by atomic mass is 10.3. The Kier molecular flexibility index (Phi) is 7.78. The Labute approximate surface area is 108 Å². The van der Waals surface area contributed by atoms with Crippen molar-refractivity contribution in [3.05, 3.63) is 36.3 Å². The number of allylic oxidation sites excluding steroid dienone is 3. The van der Waals surface area contributed by atoms with Gasteiger partial charge in [0, 0.05) is 14.1 Å². The molecule has 0 unspecified atom stereocenters. The Morgan fingerprint density at radius 1 is 1.50 bits per heavy atom. The fourth-order valence-electron chi connectivity index (χ4n) is 0.967. The molecule has 5 heteroatoms. The summed E-state index contributed by atoms with van der Waals surface area (Å²) in [6.07, 6.45) is 5.49. The molecule has 0 rings (SSSR count). The average Bonchev–Trinajstić information content (AvgIpc) is 2.36. The molecule has 0 aromatic heterocycles. The molecule has 0 atom stereocenters. The monoisotopic (exact) mass is 249 g/mol. The van der Waals surface area contributed by atoms with Crippen LogP contribution < -0.4 is 0 Å². The van der Waals surface area contributed by atoms with Crippen LogP contribution in [0, 0.1) is 11.3 Å². The molecule has 0 saturated heterocycles. The second kappa shape index (κ2) is 8.88. The molecule has 0 saturated carbocycles. The zero-order valence-corrected chi connectivity index (χ0v) is 11.3. The number of rotatable bonds is 7. The molecule has 0 aliphatic heterocycles. The first-order chi connectivity index (χ1) is 8.56. The van der Waals surface area contributed by atoms with E-state index in [9.17, 15) is 0 Å². The topological polar surface area (TPSA) is 57.9 Å². The van der Waals surface area contributed by atoms with Gasteiger partial charge in [0.25, 0.3) is 0 Å². The van der Waals surface area contributed by atoms with Gasteiger partial charge in [0.2, 0.25) is 0 Å². The fraction of sp³-hybridized carbons (Fsp3) is 0.385. The molecular weight excluding hydrogens is 230 g/mol. The van der Waals surface area contributed by atoms with Crippen LogP contribution in [0.15, 0.2) is 41.4 Å². The Hall–Kier alpha value is -2.22. The SMILES string of the molecule is C=C(/C(=C\C=C/C)OC/C(C#N)=N/OC)N(C)C. The summed E-state index contributed by atoms with van der Waals surface area (Å²) in [4.78, 5) is 6.36. The van der Waals surface area contributed by atoms with E-state index in [0.29, 0.717) is 11.5 Å². The van der Waals surface area contributed by atoms with Gasteiger partial charge in [-0.3, -0.25) is 0 Å². The van der Waals surface area contributed by atoms with E-state index >= 15 is 0 Å². The molecule has 5 nitrogen and oxygen atoms in total. The maximum atomic E-state index is 8.79. The first kappa shape index (κ1) is 15.8. The number of nitrogens with zero attached hydrogens (tertiary/aromatic N) is 3. The van der Waals surface area contributed by atoms with E-state index in [1.807, 2.05) is 44.1 Å². The minimum atomic E-state index is 0.0422. The van der Waals surface area contributed by atoms with E-state index in [-0.39, 0.29) is 12.3 Å². The minimum Gasteiger partial charge on any atom is -0.484 e. The number of likely N-dealkylation sites (N-methyl/N-ethyl adjacent to an activating group) is 1. The van der Waals surface area contributed by atoms with Crippen molar-refractivity contribution < 1.29 is 9.57 Å². The Balaban J connectivity index is 4.78. The molecule has 0 heterocycles. The van der Waals surface area contributed by atoms with Gasteiger partial charge in [-0.1, -0.05) is 23.9 Å². The largest absolute Gasteiger partial charge is 0.484 e. The van der Waals surface area contributed by atoms with Crippen LogP contribution in [-0.4, -0.2) is 38.4 Å².